The number of carbonyl (C=O) groups excluding carboxylic acids is 1. The van der Waals surface area contributed by atoms with Crippen LogP contribution >= 0.6 is 11.3 Å². The first-order chi connectivity index (χ1) is 9.54. The third kappa shape index (κ3) is 3.79. The standard InChI is InChI=1S/C13H12N2O4S/c1-8-6-11(15-19-8)13(18)14-7-10-3-2-9(20-10)4-5-12(16)17/h2-6H,7H2,1H3,(H,14,18)(H,16,17). The van der Waals surface area contributed by atoms with Crippen LogP contribution in [0.3, 0.4) is 0 Å². The number of carboxylic acid groups (broad SMARTS) is 1. The summed E-state index contributed by atoms with van der Waals surface area (Å²) in [7, 11) is 0. The van der Waals surface area contributed by atoms with E-state index in [-0.39, 0.29) is 11.6 Å². The Bertz CT molecular complexity index is 657. The highest BCUT2D eigenvalue weighted by Crippen LogP contribution is 2.17. The Labute approximate surface area is 118 Å². The molecule has 2 rings (SSSR count). The largest absolute Gasteiger partial charge is 0.478 e. The molecule has 0 saturated heterocycles. The number of aromatic nitrogens is 1. The van der Waals surface area contributed by atoms with E-state index in [0.29, 0.717) is 12.3 Å². The molecule has 0 bridgehead atoms. The summed E-state index contributed by atoms with van der Waals surface area (Å²) < 4.78 is 4.82. The fraction of sp³-hybridized carbons (Fsp3) is 0.154. The predicted molar refractivity (Wildman–Crippen MR) is 73.4 cm³/mol. The predicted octanol–water partition coefficient (Wildman–Crippen LogP) is 2.07. The number of hydrogen-bond donors (Lipinski definition) is 2. The van der Waals surface area contributed by atoms with Gasteiger partial charge in [0.15, 0.2) is 5.69 Å². The zero-order valence-electron chi connectivity index (χ0n) is 10.6. The van der Waals surface area contributed by atoms with Gasteiger partial charge in [0.2, 0.25) is 0 Å². The van der Waals surface area contributed by atoms with Crippen LogP contribution in [0.25, 0.3) is 6.08 Å². The van der Waals surface area contributed by atoms with E-state index >= 15 is 0 Å². The quantitative estimate of drug-likeness (QED) is 0.823. The van der Waals surface area contributed by atoms with Gasteiger partial charge in [-0.05, 0) is 25.1 Å². The Morgan fingerprint density at radius 1 is 1.50 bits per heavy atom. The van der Waals surface area contributed by atoms with E-state index in [1.54, 1.807) is 19.1 Å². The van der Waals surface area contributed by atoms with Gasteiger partial charge in [0.1, 0.15) is 5.76 Å². The van der Waals surface area contributed by atoms with E-state index in [2.05, 4.69) is 10.5 Å². The lowest BCUT2D eigenvalue weighted by atomic mass is 10.3. The second kappa shape index (κ2) is 6.16. The first kappa shape index (κ1) is 14.0. The van der Waals surface area contributed by atoms with Crippen LogP contribution in [-0.2, 0) is 11.3 Å². The SMILES string of the molecule is Cc1cc(C(=O)NCc2ccc(C=CC(=O)O)s2)no1. The molecule has 2 N–H and O–H groups in total. The van der Waals surface area contributed by atoms with Gasteiger partial charge in [0.05, 0.1) is 6.54 Å². The van der Waals surface area contributed by atoms with E-state index in [9.17, 15) is 9.59 Å². The number of nitrogens with zero attached hydrogens (tertiary/aromatic N) is 1. The molecule has 20 heavy (non-hydrogen) atoms. The molecule has 0 aliphatic rings. The zero-order chi connectivity index (χ0) is 14.5. The molecule has 2 heterocycles. The fourth-order valence-corrected chi connectivity index (χ4v) is 2.32. The van der Waals surface area contributed by atoms with Gasteiger partial charge in [-0.25, -0.2) is 4.79 Å². The number of nitrogens with one attached hydrogen (secondary N) is 1. The van der Waals surface area contributed by atoms with Gasteiger partial charge in [0.25, 0.3) is 5.91 Å². The number of carboxylic acids is 1. The maximum atomic E-state index is 11.7. The molecule has 2 aromatic heterocycles. The molecule has 2 aromatic rings. The maximum Gasteiger partial charge on any atom is 0.328 e. The van der Waals surface area contributed by atoms with Crippen molar-refractivity contribution in [1.82, 2.24) is 10.5 Å². The van der Waals surface area contributed by atoms with Crippen LogP contribution in [0.2, 0.25) is 0 Å². The number of aryl methyl sites for hydroxylation is 1. The molecular formula is C13H12N2O4S. The summed E-state index contributed by atoms with van der Waals surface area (Å²) in [6, 6.07) is 5.19. The second-order valence-electron chi connectivity index (χ2n) is 3.98. The number of hydrogen-bond acceptors (Lipinski definition) is 5. The van der Waals surface area contributed by atoms with E-state index in [1.807, 2.05) is 6.07 Å². The molecular weight excluding hydrogens is 280 g/mol. The summed E-state index contributed by atoms with van der Waals surface area (Å²) in [6.07, 6.45) is 2.59. The van der Waals surface area contributed by atoms with Crippen molar-refractivity contribution in [3.05, 3.63) is 45.5 Å². The highest BCUT2D eigenvalue weighted by atomic mass is 32.1. The van der Waals surface area contributed by atoms with Crippen LogP contribution in [0, 0.1) is 6.92 Å². The molecule has 0 radical (unpaired) electrons. The minimum absolute atomic E-state index is 0.241. The molecule has 0 aromatic carbocycles. The van der Waals surface area contributed by atoms with Gasteiger partial charge in [-0.3, -0.25) is 4.79 Å². The van der Waals surface area contributed by atoms with Crippen molar-refractivity contribution in [2.45, 2.75) is 13.5 Å². The van der Waals surface area contributed by atoms with Crippen molar-refractivity contribution in [3.63, 3.8) is 0 Å². The van der Waals surface area contributed by atoms with Crippen molar-refractivity contribution in [1.29, 1.82) is 0 Å². The van der Waals surface area contributed by atoms with Crippen LogP contribution < -0.4 is 5.32 Å². The Balaban J connectivity index is 1.91. The smallest absolute Gasteiger partial charge is 0.328 e. The second-order valence-corrected chi connectivity index (χ2v) is 5.18. The molecule has 0 aliphatic heterocycles. The van der Waals surface area contributed by atoms with Crippen molar-refractivity contribution in [2.75, 3.05) is 0 Å². The topological polar surface area (TPSA) is 92.4 Å². The summed E-state index contributed by atoms with van der Waals surface area (Å²) >= 11 is 1.41. The fourth-order valence-electron chi connectivity index (χ4n) is 1.46. The van der Waals surface area contributed by atoms with E-state index in [4.69, 9.17) is 9.63 Å². The summed E-state index contributed by atoms with van der Waals surface area (Å²) in [4.78, 5) is 23.9. The zero-order valence-corrected chi connectivity index (χ0v) is 11.4. The van der Waals surface area contributed by atoms with Crippen LogP contribution in [0.1, 0.15) is 26.0 Å². The van der Waals surface area contributed by atoms with Crippen LogP contribution in [0.5, 0.6) is 0 Å². The molecule has 0 fully saturated rings. The maximum absolute atomic E-state index is 11.7. The van der Waals surface area contributed by atoms with Gasteiger partial charge in [-0.2, -0.15) is 0 Å². The van der Waals surface area contributed by atoms with Crippen molar-refractivity contribution >= 4 is 29.3 Å². The molecule has 0 saturated carbocycles. The minimum atomic E-state index is -0.991. The third-order valence-corrected chi connectivity index (χ3v) is 3.41. The van der Waals surface area contributed by atoms with Crippen molar-refractivity contribution in [2.24, 2.45) is 0 Å². The molecule has 0 unspecified atom stereocenters. The van der Waals surface area contributed by atoms with Crippen LogP contribution in [0.15, 0.2) is 28.8 Å². The summed E-state index contributed by atoms with van der Waals surface area (Å²) in [5.74, 6) is -0.722. The van der Waals surface area contributed by atoms with Gasteiger partial charge in [-0.1, -0.05) is 5.16 Å². The Morgan fingerprint density at radius 3 is 2.95 bits per heavy atom. The molecule has 6 nitrogen and oxygen atoms in total. The number of aliphatic carboxylic acids is 1. The number of amides is 1. The van der Waals surface area contributed by atoms with E-state index < -0.39 is 5.97 Å². The minimum Gasteiger partial charge on any atom is -0.478 e. The average molecular weight is 292 g/mol. The third-order valence-electron chi connectivity index (χ3n) is 2.36. The van der Waals surface area contributed by atoms with Crippen molar-refractivity contribution in [3.8, 4) is 0 Å². The Kier molecular flexibility index (Phi) is 4.31. The molecule has 1 amide bonds. The summed E-state index contributed by atoms with van der Waals surface area (Å²) in [6.45, 7) is 2.07. The number of carbonyl (C=O) groups is 2. The number of rotatable bonds is 5. The molecule has 0 spiro atoms. The Hall–Kier alpha value is -2.41. The molecule has 0 aliphatic carbocycles. The van der Waals surface area contributed by atoms with Crippen molar-refractivity contribution < 1.29 is 19.2 Å². The summed E-state index contributed by atoms with van der Waals surface area (Å²) in [5, 5.41) is 14.9. The molecule has 7 heteroatoms. The lowest BCUT2D eigenvalue weighted by molar-refractivity contribution is -0.131. The van der Waals surface area contributed by atoms with E-state index in [1.165, 1.54) is 17.4 Å². The van der Waals surface area contributed by atoms with Gasteiger partial charge in [0, 0.05) is 21.9 Å². The molecule has 104 valence electrons. The van der Waals surface area contributed by atoms with Crippen LogP contribution in [0.4, 0.5) is 0 Å². The van der Waals surface area contributed by atoms with Gasteiger partial charge in [-0.15, -0.1) is 11.3 Å². The monoisotopic (exact) mass is 292 g/mol. The van der Waals surface area contributed by atoms with Gasteiger partial charge < -0.3 is 14.9 Å². The lowest BCUT2D eigenvalue weighted by Crippen LogP contribution is -2.22. The first-order valence-electron chi connectivity index (χ1n) is 5.76. The molecule has 0 atom stereocenters. The van der Waals surface area contributed by atoms with E-state index in [0.717, 1.165) is 15.8 Å². The lowest BCUT2D eigenvalue weighted by Gasteiger charge is -1.99. The van der Waals surface area contributed by atoms with Gasteiger partial charge >= 0.3 is 5.97 Å². The summed E-state index contributed by atoms with van der Waals surface area (Å²) in [5.41, 5.74) is 0.241. The number of thiophene rings is 1. The van der Waals surface area contributed by atoms with Crippen LogP contribution in [-0.4, -0.2) is 22.1 Å². The first-order valence-corrected chi connectivity index (χ1v) is 6.57. The highest BCUT2D eigenvalue weighted by Gasteiger charge is 2.10. The Morgan fingerprint density at radius 2 is 2.30 bits per heavy atom. The normalized spacial score (nSPS) is 10.8. The average Bonchev–Trinajstić information content (AvgIpc) is 3.02. The highest BCUT2D eigenvalue weighted by molar-refractivity contribution is 7.12.